The Balaban J connectivity index is 1.72. The predicted octanol–water partition coefficient (Wildman–Crippen LogP) is 5.50. The van der Waals surface area contributed by atoms with Crippen LogP contribution in [0.15, 0.2) is 30.3 Å². The minimum Gasteiger partial charge on any atom is -0.369 e. The van der Waals surface area contributed by atoms with E-state index in [1.165, 1.54) is 16.8 Å². The molecular weight excluding hydrogens is 375 g/mol. The monoisotopic (exact) mass is 408 g/mol. The molecule has 3 nitrogen and oxygen atoms in total. The number of benzene rings is 2. The lowest BCUT2D eigenvalue weighted by Gasteiger charge is -2.32. The zero-order valence-corrected chi connectivity index (χ0v) is 18.8. The van der Waals surface area contributed by atoms with Crippen molar-refractivity contribution in [1.29, 1.82) is 0 Å². The quantitative estimate of drug-likeness (QED) is 0.729. The number of nitrogens with two attached hydrogens (primary N) is 1. The first-order valence-electron chi connectivity index (χ1n) is 11.0. The van der Waals surface area contributed by atoms with E-state index in [0.717, 1.165) is 49.0 Å². The highest BCUT2D eigenvalue weighted by molar-refractivity contribution is 5.84. The van der Waals surface area contributed by atoms with Gasteiger partial charge in [-0.15, -0.1) is 0 Å². The maximum absolute atomic E-state index is 14.0. The van der Waals surface area contributed by atoms with Gasteiger partial charge in [-0.3, -0.25) is 4.79 Å². The first-order chi connectivity index (χ1) is 14.0. The number of rotatable bonds is 3. The van der Waals surface area contributed by atoms with Gasteiger partial charge in [0.15, 0.2) is 0 Å². The van der Waals surface area contributed by atoms with Gasteiger partial charge in [-0.1, -0.05) is 26.8 Å². The molecule has 0 saturated heterocycles. The Labute approximate surface area is 179 Å². The Morgan fingerprint density at radius 2 is 1.73 bits per heavy atom. The predicted molar refractivity (Wildman–Crippen MR) is 120 cm³/mol. The number of carbonyl (C=O) groups is 1. The third kappa shape index (κ3) is 3.61. The second kappa shape index (κ2) is 7.11. The number of amides is 1. The molecular formula is C26H33FN2O. The molecule has 1 aliphatic heterocycles. The van der Waals surface area contributed by atoms with E-state index in [0.29, 0.717) is 0 Å². The fourth-order valence-electron chi connectivity index (χ4n) is 5.43. The lowest BCUT2D eigenvalue weighted by atomic mass is 9.73. The average Bonchev–Trinajstić information content (AvgIpc) is 3.43. The summed E-state index contributed by atoms with van der Waals surface area (Å²) in [6, 6.07) is 9.68. The number of carbonyl (C=O) groups excluding carboxylic acids is 1. The molecule has 4 rings (SSSR count). The van der Waals surface area contributed by atoms with Gasteiger partial charge < -0.3 is 10.6 Å². The van der Waals surface area contributed by atoms with E-state index in [9.17, 15) is 9.18 Å². The van der Waals surface area contributed by atoms with Crippen molar-refractivity contribution in [3.8, 4) is 0 Å². The minimum atomic E-state index is -0.325. The van der Waals surface area contributed by atoms with Crippen LogP contribution in [-0.2, 0) is 16.8 Å². The number of hydrogen-bond donors (Lipinski definition) is 1. The fourth-order valence-corrected chi connectivity index (χ4v) is 5.43. The number of halogens is 1. The molecule has 2 aromatic rings. The molecule has 1 atom stereocenters. The molecule has 2 aromatic carbocycles. The molecule has 2 N–H and O–H groups in total. The van der Waals surface area contributed by atoms with Crippen molar-refractivity contribution in [1.82, 2.24) is 0 Å². The molecule has 0 radical (unpaired) electrons. The number of hydrogen-bond acceptors (Lipinski definition) is 2. The van der Waals surface area contributed by atoms with Gasteiger partial charge in [0.25, 0.3) is 0 Å². The van der Waals surface area contributed by atoms with Crippen molar-refractivity contribution in [3.63, 3.8) is 0 Å². The summed E-state index contributed by atoms with van der Waals surface area (Å²) in [7, 11) is 0. The Kier molecular flexibility index (Phi) is 4.95. The van der Waals surface area contributed by atoms with Gasteiger partial charge in [-0.25, -0.2) is 4.39 Å². The van der Waals surface area contributed by atoms with Gasteiger partial charge in [0.05, 0.1) is 5.92 Å². The highest BCUT2D eigenvalue weighted by atomic mass is 19.1. The largest absolute Gasteiger partial charge is 0.369 e. The highest BCUT2D eigenvalue weighted by Crippen LogP contribution is 2.54. The van der Waals surface area contributed by atoms with Gasteiger partial charge in [0.1, 0.15) is 5.82 Å². The van der Waals surface area contributed by atoms with Gasteiger partial charge in [0, 0.05) is 18.8 Å². The maximum atomic E-state index is 14.0. The molecule has 1 unspecified atom stereocenters. The lowest BCUT2D eigenvalue weighted by Crippen LogP contribution is -2.33. The van der Waals surface area contributed by atoms with Crippen molar-refractivity contribution in [2.75, 3.05) is 11.4 Å². The fraction of sp³-hybridized carbons (Fsp3) is 0.500. The SMILES string of the molecule is Cc1cc(N2CCC3(CC3)c3cc(F)ccc3C2)cc(C)c1C(C(N)=O)C(C)(C)C. The van der Waals surface area contributed by atoms with Crippen LogP contribution >= 0.6 is 0 Å². The van der Waals surface area contributed by atoms with Crippen molar-refractivity contribution >= 4 is 11.6 Å². The van der Waals surface area contributed by atoms with Gasteiger partial charge >= 0.3 is 0 Å². The summed E-state index contributed by atoms with van der Waals surface area (Å²) in [6.07, 6.45) is 3.36. The summed E-state index contributed by atoms with van der Waals surface area (Å²) in [5, 5.41) is 0. The maximum Gasteiger partial charge on any atom is 0.225 e. The van der Waals surface area contributed by atoms with Crippen LogP contribution in [0.25, 0.3) is 0 Å². The zero-order chi connectivity index (χ0) is 21.8. The summed E-state index contributed by atoms with van der Waals surface area (Å²) in [4.78, 5) is 14.7. The first kappa shape index (κ1) is 20.9. The Hall–Kier alpha value is -2.36. The van der Waals surface area contributed by atoms with Crippen molar-refractivity contribution in [2.24, 2.45) is 11.1 Å². The van der Waals surface area contributed by atoms with Crippen LogP contribution in [0.3, 0.4) is 0 Å². The van der Waals surface area contributed by atoms with E-state index >= 15 is 0 Å². The molecule has 30 heavy (non-hydrogen) atoms. The topological polar surface area (TPSA) is 46.3 Å². The molecule has 1 spiro atoms. The lowest BCUT2D eigenvalue weighted by molar-refractivity contribution is -0.121. The normalized spacial score (nSPS) is 18.7. The molecule has 1 fully saturated rings. The Morgan fingerprint density at radius 1 is 1.10 bits per heavy atom. The Morgan fingerprint density at radius 3 is 2.27 bits per heavy atom. The van der Waals surface area contributed by atoms with Crippen LogP contribution in [0.5, 0.6) is 0 Å². The van der Waals surface area contributed by atoms with Crippen LogP contribution in [0.2, 0.25) is 0 Å². The molecule has 1 saturated carbocycles. The minimum absolute atomic E-state index is 0.135. The van der Waals surface area contributed by atoms with Crippen LogP contribution in [0, 0.1) is 25.1 Å². The first-order valence-corrected chi connectivity index (χ1v) is 11.0. The molecule has 2 aliphatic rings. The molecule has 1 amide bonds. The van der Waals surface area contributed by atoms with E-state index in [1.807, 2.05) is 6.07 Å². The zero-order valence-electron chi connectivity index (χ0n) is 18.8. The summed E-state index contributed by atoms with van der Waals surface area (Å²) >= 11 is 0. The summed E-state index contributed by atoms with van der Waals surface area (Å²) < 4.78 is 14.0. The summed E-state index contributed by atoms with van der Waals surface area (Å²) in [5.74, 6) is -0.735. The third-order valence-electron chi connectivity index (χ3n) is 7.10. The van der Waals surface area contributed by atoms with Crippen LogP contribution in [-0.4, -0.2) is 12.5 Å². The number of anilines is 1. The molecule has 4 heteroatoms. The van der Waals surface area contributed by atoms with E-state index < -0.39 is 0 Å². The number of aryl methyl sites for hydroxylation is 2. The van der Waals surface area contributed by atoms with Crippen LogP contribution in [0.4, 0.5) is 10.1 Å². The van der Waals surface area contributed by atoms with E-state index in [4.69, 9.17) is 5.73 Å². The van der Waals surface area contributed by atoms with Gasteiger partial charge in [-0.2, -0.15) is 0 Å². The Bertz CT molecular complexity index is 978. The van der Waals surface area contributed by atoms with E-state index in [2.05, 4.69) is 51.7 Å². The summed E-state index contributed by atoms with van der Waals surface area (Å²) in [5.41, 5.74) is 12.6. The van der Waals surface area contributed by atoms with Crippen molar-refractivity contribution in [3.05, 3.63) is 64.0 Å². The molecule has 0 aromatic heterocycles. The van der Waals surface area contributed by atoms with Gasteiger partial charge in [-0.05, 0) is 96.0 Å². The second-order valence-corrected chi connectivity index (χ2v) is 10.4. The molecule has 1 heterocycles. The second-order valence-electron chi connectivity index (χ2n) is 10.4. The van der Waals surface area contributed by atoms with Crippen molar-refractivity contribution in [2.45, 2.75) is 71.8 Å². The highest BCUT2D eigenvalue weighted by Gasteiger charge is 2.47. The van der Waals surface area contributed by atoms with Gasteiger partial charge in [0.2, 0.25) is 5.91 Å². The molecule has 160 valence electrons. The van der Waals surface area contributed by atoms with E-state index in [1.54, 1.807) is 12.1 Å². The average molecular weight is 409 g/mol. The summed E-state index contributed by atoms with van der Waals surface area (Å²) in [6.45, 7) is 12.1. The van der Waals surface area contributed by atoms with E-state index in [-0.39, 0.29) is 28.5 Å². The van der Waals surface area contributed by atoms with Crippen LogP contribution in [0.1, 0.15) is 73.8 Å². The smallest absolute Gasteiger partial charge is 0.225 e. The van der Waals surface area contributed by atoms with Crippen molar-refractivity contribution < 1.29 is 9.18 Å². The van der Waals surface area contributed by atoms with Crippen LogP contribution < -0.4 is 10.6 Å². The molecule has 0 bridgehead atoms. The third-order valence-corrected chi connectivity index (χ3v) is 7.10. The number of fused-ring (bicyclic) bond motifs is 2. The molecule has 1 aliphatic carbocycles. The number of nitrogens with zero attached hydrogens (tertiary/aromatic N) is 1. The number of primary amides is 1. The standard InChI is InChI=1S/C26H33FN2O/c1-16-12-20(13-17(2)22(16)23(24(28)30)25(3,4)5)29-11-10-26(8-9-26)21-14-19(27)7-6-18(21)15-29/h6-7,12-14,23H,8-11,15H2,1-5H3,(H2,28,30).